The van der Waals surface area contributed by atoms with E-state index in [1.807, 2.05) is 0 Å². The first-order chi connectivity index (χ1) is 11.0. The van der Waals surface area contributed by atoms with E-state index in [-0.39, 0.29) is 0 Å². The van der Waals surface area contributed by atoms with Gasteiger partial charge in [0.2, 0.25) is 0 Å². The standard InChI is InChI=1S/C9H12F9O6P/c1-3-20-25(19,21-4-2)22-5-6(10,11)23-7(12,13)8(14,15)24-9(16,17)18/h3-5H2,1-2H3. The molecule has 0 aliphatic carbocycles. The fourth-order valence-corrected chi connectivity index (χ4v) is 2.23. The van der Waals surface area contributed by atoms with Gasteiger partial charge in [-0.1, -0.05) is 0 Å². The van der Waals surface area contributed by atoms with E-state index in [4.69, 9.17) is 0 Å². The zero-order valence-electron chi connectivity index (χ0n) is 12.4. The second-order valence-electron chi connectivity index (χ2n) is 3.88. The van der Waals surface area contributed by atoms with E-state index in [1.165, 1.54) is 13.8 Å². The van der Waals surface area contributed by atoms with E-state index >= 15 is 0 Å². The Hall–Kier alpha value is -0.600. The molecule has 152 valence electrons. The monoisotopic (exact) mass is 418 g/mol. The summed E-state index contributed by atoms with van der Waals surface area (Å²) in [6, 6.07) is 0. The van der Waals surface area contributed by atoms with Crippen molar-refractivity contribution in [2.75, 3.05) is 19.8 Å². The fourth-order valence-electron chi connectivity index (χ4n) is 1.06. The van der Waals surface area contributed by atoms with Gasteiger partial charge in [0.1, 0.15) is 6.61 Å². The van der Waals surface area contributed by atoms with Crippen LogP contribution in [-0.2, 0) is 27.6 Å². The van der Waals surface area contributed by atoms with Crippen LogP contribution in [-0.4, -0.2) is 44.5 Å². The van der Waals surface area contributed by atoms with Crippen molar-refractivity contribution in [2.24, 2.45) is 0 Å². The van der Waals surface area contributed by atoms with Crippen LogP contribution in [0.15, 0.2) is 0 Å². The largest absolute Gasteiger partial charge is 0.527 e. The number of alkyl halides is 9. The van der Waals surface area contributed by atoms with Crippen LogP contribution in [0.3, 0.4) is 0 Å². The molecule has 0 saturated heterocycles. The predicted molar refractivity (Wildman–Crippen MR) is 59.9 cm³/mol. The molecule has 6 nitrogen and oxygen atoms in total. The topological polar surface area (TPSA) is 63.2 Å². The molecule has 0 rings (SSSR count). The maximum absolute atomic E-state index is 13.2. The summed E-state index contributed by atoms with van der Waals surface area (Å²) in [6.07, 6.45) is -24.5. The first kappa shape index (κ1) is 24.4. The maximum Gasteiger partial charge on any atom is 0.527 e. The van der Waals surface area contributed by atoms with Crippen molar-refractivity contribution >= 4 is 7.82 Å². The van der Waals surface area contributed by atoms with Crippen molar-refractivity contribution in [3.05, 3.63) is 0 Å². The van der Waals surface area contributed by atoms with Gasteiger partial charge in [-0.2, -0.15) is 26.3 Å². The molecular weight excluding hydrogens is 406 g/mol. The van der Waals surface area contributed by atoms with Crippen LogP contribution in [0.5, 0.6) is 0 Å². The average molecular weight is 418 g/mol. The minimum absolute atomic E-state index is 0.392. The Morgan fingerprint density at radius 1 is 0.720 bits per heavy atom. The molecule has 0 amide bonds. The number of hydrogen-bond acceptors (Lipinski definition) is 6. The van der Waals surface area contributed by atoms with E-state index in [0.29, 0.717) is 0 Å². The van der Waals surface area contributed by atoms with Gasteiger partial charge in [-0.05, 0) is 13.8 Å². The highest BCUT2D eigenvalue weighted by atomic mass is 31.2. The third kappa shape index (κ3) is 8.55. The van der Waals surface area contributed by atoms with Crippen LogP contribution >= 0.6 is 7.82 Å². The highest BCUT2D eigenvalue weighted by Crippen LogP contribution is 2.51. The zero-order valence-corrected chi connectivity index (χ0v) is 13.3. The minimum atomic E-state index is -6.49. The molecule has 0 fully saturated rings. The summed E-state index contributed by atoms with van der Waals surface area (Å²) in [7, 11) is -4.66. The number of halogens is 9. The van der Waals surface area contributed by atoms with E-state index in [9.17, 15) is 44.1 Å². The number of rotatable bonds is 11. The molecule has 0 bridgehead atoms. The summed E-state index contributed by atoms with van der Waals surface area (Å²) in [5.74, 6) is 0. The van der Waals surface area contributed by atoms with Crippen LogP contribution in [0.1, 0.15) is 13.8 Å². The molecule has 0 unspecified atom stereocenters. The highest BCUT2D eigenvalue weighted by molar-refractivity contribution is 7.48. The van der Waals surface area contributed by atoms with E-state index < -0.39 is 52.3 Å². The Bertz CT molecular complexity index is 459. The molecule has 0 radical (unpaired) electrons. The number of ether oxygens (including phenoxy) is 2. The van der Waals surface area contributed by atoms with Crippen molar-refractivity contribution in [2.45, 2.75) is 38.5 Å². The van der Waals surface area contributed by atoms with Crippen molar-refractivity contribution in [1.82, 2.24) is 0 Å². The molecule has 16 heteroatoms. The Balaban J connectivity index is 5.07. The van der Waals surface area contributed by atoms with Crippen molar-refractivity contribution in [1.29, 1.82) is 0 Å². The van der Waals surface area contributed by atoms with Gasteiger partial charge in [0.15, 0.2) is 0 Å². The molecule has 0 aromatic rings. The molecule has 0 aromatic heterocycles. The minimum Gasteiger partial charge on any atom is -0.287 e. The third-order valence-electron chi connectivity index (χ3n) is 1.83. The van der Waals surface area contributed by atoms with Crippen LogP contribution in [0.25, 0.3) is 0 Å². The maximum atomic E-state index is 13.2. The molecule has 0 aliphatic rings. The van der Waals surface area contributed by atoms with Crippen LogP contribution in [0, 0.1) is 0 Å². The molecule has 25 heavy (non-hydrogen) atoms. The normalized spacial score (nSPS) is 14.8. The lowest BCUT2D eigenvalue weighted by molar-refractivity contribution is -0.529. The molecule has 0 N–H and O–H groups in total. The lowest BCUT2D eigenvalue weighted by Crippen LogP contribution is -2.51. The highest BCUT2D eigenvalue weighted by Gasteiger charge is 2.68. The smallest absolute Gasteiger partial charge is 0.287 e. The second-order valence-corrected chi connectivity index (χ2v) is 5.55. The predicted octanol–water partition coefficient (Wildman–Crippen LogP) is 4.52. The van der Waals surface area contributed by atoms with Crippen molar-refractivity contribution in [3.8, 4) is 0 Å². The number of phosphoric acid groups is 1. The Kier molecular flexibility index (Phi) is 8.19. The fraction of sp³-hybridized carbons (Fsp3) is 1.00. The van der Waals surface area contributed by atoms with Gasteiger partial charge in [-0.25, -0.2) is 14.0 Å². The lowest BCUT2D eigenvalue weighted by Gasteiger charge is -2.29. The summed E-state index contributed by atoms with van der Waals surface area (Å²) in [4.78, 5) is 0. The Morgan fingerprint density at radius 3 is 1.48 bits per heavy atom. The Labute approximate surface area is 134 Å². The summed E-state index contributed by atoms with van der Waals surface area (Å²) >= 11 is 0. The summed E-state index contributed by atoms with van der Waals surface area (Å²) < 4.78 is 141. The number of hydrogen-bond donors (Lipinski definition) is 0. The van der Waals surface area contributed by atoms with Crippen LogP contribution in [0.4, 0.5) is 39.5 Å². The molecule has 0 spiro atoms. The zero-order chi connectivity index (χ0) is 20.2. The SMILES string of the molecule is CCOP(=O)(OCC)OCC(F)(F)OC(F)(F)C(F)(F)OC(F)(F)F. The quantitative estimate of drug-likeness (QED) is 0.364. The molecular formula is C9H12F9O6P. The van der Waals surface area contributed by atoms with Gasteiger partial charge in [-0.3, -0.25) is 13.6 Å². The van der Waals surface area contributed by atoms with Gasteiger partial charge >= 0.3 is 32.5 Å². The van der Waals surface area contributed by atoms with Gasteiger partial charge in [0.25, 0.3) is 0 Å². The van der Waals surface area contributed by atoms with Crippen molar-refractivity contribution in [3.63, 3.8) is 0 Å². The van der Waals surface area contributed by atoms with Crippen molar-refractivity contribution < 1.29 is 67.1 Å². The molecule has 0 saturated carbocycles. The van der Waals surface area contributed by atoms with Gasteiger partial charge < -0.3 is 0 Å². The van der Waals surface area contributed by atoms with E-state index in [0.717, 1.165) is 0 Å². The van der Waals surface area contributed by atoms with E-state index in [1.54, 1.807) is 4.74 Å². The summed E-state index contributed by atoms with van der Waals surface area (Å²) in [6.45, 7) is -0.684. The molecule has 0 aromatic carbocycles. The second kappa shape index (κ2) is 8.39. The van der Waals surface area contributed by atoms with Crippen LogP contribution < -0.4 is 0 Å². The lowest BCUT2D eigenvalue weighted by atomic mass is 10.5. The average Bonchev–Trinajstić information content (AvgIpc) is 2.33. The van der Waals surface area contributed by atoms with Gasteiger partial charge in [0.05, 0.1) is 13.2 Å². The molecule has 0 aliphatic heterocycles. The molecule has 0 atom stereocenters. The summed E-state index contributed by atoms with van der Waals surface area (Å²) in [5.41, 5.74) is 0. The van der Waals surface area contributed by atoms with E-state index in [2.05, 4.69) is 18.3 Å². The number of phosphoric ester groups is 1. The third-order valence-corrected chi connectivity index (χ3v) is 3.42. The van der Waals surface area contributed by atoms with Crippen LogP contribution in [0.2, 0.25) is 0 Å². The first-order valence-corrected chi connectivity index (χ1v) is 7.59. The summed E-state index contributed by atoms with van der Waals surface area (Å²) in [5, 5.41) is 0. The van der Waals surface area contributed by atoms with Gasteiger partial charge in [0, 0.05) is 0 Å². The molecule has 0 heterocycles. The first-order valence-electron chi connectivity index (χ1n) is 6.13. The van der Waals surface area contributed by atoms with Gasteiger partial charge in [-0.15, -0.1) is 13.2 Å². The Morgan fingerprint density at radius 2 is 1.12 bits per heavy atom.